The van der Waals surface area contributed by atoms with Gasteiger partial charge in [0.1, 0.15) is 17.7 Å². The predicted molar refractivity (Wildman–Crippen MR) is 141 cm³/mol. The van der Waals surface area contributed by atoms with Gasteiger partial charge in [-0.25, -0.2) is 17.6 Å². The lowest BCUT2D eigenvalue weighted by molar-refractivity contribution is -0.128. The van der Waals surface area contributed by atoms with Crippen LogP contribution in [-0.4, -0.2) is 41.7 Å². The first-order valence-electron chi connectivity index (χ1n) is 13.6. The van der Waals surface area contributed by atoms with E-state index in [0.717, 1.165) is 29.5 Å². The molecule has 2 N–H and O–H groups in total. The van der Waals surface area contributed by atoms with Crippen LogP contribution in [0, 0.1) is 0 Å². The molecular weight excluding hydrogens is 524 g/mol. The third kappa shape index (κ3) is 4.08. The molecule has 3 heterocycles. The minimum atomic E-state index is -2.81. The van der Waals surface area contributed by atoms with E-state index in [9.17, 15) is 22.4 Å². The van der Waals surface area contributed by atoms with Crippen molar-refractivity contribution in [3.05, 3.63) is 75.9 Å². The van der Waals surface area contributed by atoms with Gasteiger partial charge < -0.3 is 14.9 Å². The summed E-state index contributed by atoms with van der Waals surface area (Å²) in [6, 6.07) is 9.14. The summed E-state index contributed by atoms with van der Waals surface area (Å²) < 4.78 is 58.8. The fourth-order valence-corrected chi connectivity index (χ4v) is 6.82. The summed E-state index contributed by atoms with van der Waals surface area (Å²) in [4.78, 5) is 17.0. The quantitative estimate of drug-likeness (QED) is 0.303. The molecule has 3 aliphatic carbocycles. The van der Waals surface area contributed by atoms with E-state index in [-0.39, 0.29) is 31.2 Å². The maximum absolute atomic E-state index is 14.3. The Bertz CT molecular complexity index is 1680. The minimum Gasteiger partial charge on any atom is -0.353 e. The van der Waals surface area contributed by atoms with Gasteiger partial charge in [0.15, 0.2) is 0 Å². The Balaban J connectivity index is 1.27. The molecule has 0 aliphatic heterocycles. The summed E-state index contributed by atoms with van der Waals surface area (Å²) >= 11 is 0. The van der Waals surface area contributed by atoms with Gasteiger partial charge in [0, 0.05) is 67.8 Å². The Hall–Kier alpha value is -3.47. The number of nitrogens with zero attached hydrogens (tertiary/aromatic N) is 4. The number of hydrogen-bond acceptors (Lipinski definition) is 4. The van der Waals surface area contributed by atoms with Gasteiger partial charge in [-0.2, -0.15) is 0 Å². The van der Waals surface area contributed by atoms with Crippen molar-refractivity contribution in [3.63, 3.8) is 0 Å². The second-order valence-electron chi connectivity index (χ2n) is 12.3. The molecule has 4 aromatic rings. The summed E-state index contributed by atoms with van der Waals surface area (Å²) in [6.07, 6.45) is 4.23. The van der Waals surface area contributed by atoms with E-state index < -0.39 is 22.8 Å². The van der Waals surface area contributed by atoms with E-state index in [1.807, 2.05) is 18.3 Å². The SMILES string of the molecule is Cn1cnnc1C1(c2cccc(-n3cc(C4CC4)c4cc(CNC5(C)CC(F)(F)C5)[nH]c4c3=O)c2)CC(F)(F)C1. The fourth-order valence-electron chi connectivity index (χ4n) is 6.82. The molecule has 0 unspecified atom stereocenters. The zero-order valence-corrected chi connectivity index (χ0v) is 22.3. The smallest absolute Gasteiger partial charge is 0.279 e. The number of hydrogen-bond donors (Lipinski definition) is 2. The molecule has 0 radical (unpaired) electrons. The highest BCUT2D eigenvalue weighted by Crippen LogP contribution is 2.56. The molecule has 7 nitrogen and oxygen atoms in total. The molecule has 0 spiro atoms. The average molecular weight is 555 g/mol. The van der Waals surface area contributed by atoms with Gasteiger partial charge in [0.05, 0.1) is 5.41 Å². The molecule has 210 valence electrons. The number of alkyl halides is 4. The summed E-state index contributed by atoms with van der Waals surface area (Å²) in [6.45, 7) is 2.13. The van der Waals surface area contributed by atoms with Crippen molar-refractivity contribution in [3.8, 4) is 5.69 Å². The van der Waals surface area contributed by atoms with Crippen molar-refractivity contribution >= 4 is 10.9 Å². The summed E-state index contributed by atoms with van der Waals surface area (Å²) in [5.74, 6) is -4.65. The molecule has 3 saturated carbocycles. The summed E-state index contributed by atoms with van der Waals surface area (Å²) in [7, 11) is 1.74. The Kier molecular flexibility index (Phi) is 5.28. The number of aromatic amines is 1. The number of halogens is 4. The van der Waals surface area contributed by atoms with Crippen LogP contribution in [0.15, 0.2) is 47.7 Å². The Labute approximate surface area is 227 Å². The zero-order valence-electron chi connectivity index (χ0n) is 22.3. The maximum Gasteiger partial charge on any atom is 0.279 e. The molecule has 3 aliphatic rings. The molecule has 7 rings (SSSR count). The summed E-state index contributed by atoms with van der Waals surface area (Å²) in [5.41, 5.74) is 1.60. The van der Waals surface area contributed by atoms with E-state index in [2.05, 4.69) is 20.5 Å². The minimum absolute atomic E-state index is 0.210. The van der Waals surface area contributed by atoms with Crippen LogP contribution < -0.4 is 10.9 Å². The van der Waals surface area contributed by atoms with Crippen molar-refractivity contribution in [1.29, 1.82) is 0 Å². The first-order valence-corrected chi connectivity index (χ1v) is 13.6. The Morgan fingerprint density at radius 2 is 1.80 bits per heavy atom. The Morgan fingerprint density at radius 3 is 2.42 bits per heavy atom. The normalized spacial score (nSPS) is 22.1. The van der Waals surface area contributed by atoms with Crippen LogP contribution in [0.4, 0.5) is 17.6 Å². The molecule has 0 bridgehead atoms. The highest BCUT2D eigenvalue weighted by Gasteiger charge is 2.60. The molecule has 40 heavy (non-hydrogen) atoms. The number of aromatic nitrogens is 5. The van der Waals surface area contributed by atoms with Crippen LogP contribution in [0.3, 0.4) is 0 Å². The van der Waals surface area contributed by atoms with E-state index in [1.165, 1.54) is 6.33 Å². The van der Waals surface area contributed by atoms with Crippen LogP contribution in [-0.2, 0) is 19.0 Å². The second kappa shape index (κ2) is 8.28. The fraction of sp³-hybridized carbons (Fsp3) is 0.483. The number of rotatable bonds is 7. The number of fused-ring (bicyclic) bond motifs is 1. The van der Waals surface area contributed by atoms with E-state index >= 15 is 0 Å². The third-order valence-corrected chi connectivity index (χ3v) is 8.84. The van der Waals surface area contributed by atoms with Crippen LogP contribution in [0.1, 0.15) is 74.0 Å². The van der Waals surface area contributed by atoms with Crippen LogP contribution in [0.5, 0.6) is 0 Å². The van der Waals surface area contributed by atoms with Crippen LogP contribution >= 0.6 is 0 Å². The molecule has 11 heteroatoms. The monoisotopic (exact) mass is 554 g/mol. The molecule has 1 aromatic carbocycles. The van der Waals surface area contributed by atoms with E-state index in [1.54, 1.807) is 41.3 Å². The topological polar surface area (TPSA) is 80.5 Å². The lowest BCUT2D eigenvalue weighted by atomic mass is 9.61. The number of aryl methyl sites for hydroxylation is 1. The highest BCUT2D eigenvalue weighted by atomic mass is 19.3. The van der Waals surface area contributed by atoms with Crippen molar-refractivity contribution in [1.82, 2.24) is 29.6 Å². The molecule has 3 aromatic heterocycles. The number of benzene rings is 1. The van der Waals surface area contributed by atoms with Gasteiger partial charge in [-0.1, -0.05) is 12.1 Å². The molecular formula is C29H30F4N6O. The van der Waals surface area contributed by atoms with Crippen LogP contribution in [0.25, 0.3) is 16.6 Å². The van der Waals surface area contributed by atoms with Gasteiger partial charge in [0.2, 0.25) is 0 Å². The molecule has 0 atom stereocenters. The molecule has 0 saturated heterocycles. The molecule has 3 fully saturated rings. The third-order valence-electron chi connectivity index (χ3n) is 8.84. The van der Waals surface area contributed by atoms with Gasteiger partial charge in [-0.05, 0) is 55.0 Å². The van der Waals surface area contributed by atoms with Gasteiger partial charge in [-0.3, -0.25) is 9.36 Å². The summed E-state index contributed by atoms with van der Waals surface area (Å²) in [5, 5.41) is 12.2. The maximum atomic E-state index is 14.3. The van der Waals surface area contributed by atoms with Crippen molar-refractivity contribution < 1.29 is 17.6 Å². The van der Waals surface area contributed by atoms with Crippen LogP contribution in [0.2, 0.25) is 0 Å². The number of nitrogens with one attached hydrogen (secondary N) is 2. The highest BCUT2D eigenvalue weighted by molar-refractivity contribution is 5.84. The predicted octanol–water partition coefficient (Wildman–Crippen LogP) is 5.32. The molecule has 0 amide bonds. The largest absolute Gasteiger partial charge is 0.353 e. The average Bonchev–Trinajstić information content (AvgIpc) is 3.45. The van der Waals surface area contributed by atoms with E-state index in [0.29, 0.717) is 35.1 Å². The first-order chi connectivity index (χ1) is 18.9. The van der Waals surface area contributed by atoms with Gasteiger partial charge in [0.25, 0.3) is 17.4 Å². The van der Waals surface area contributed by atoms with Crippen molar-refractivity contribution in [2.75, 3.05) is 0 Å². The Morgan fingerprint density at radius 1 is 1.07 bits per heavy atom. The number of pyridine rings is 1. The standard InChI is InChI=1S/C29H30F4N6O/c1-26(12-28(30,31)13-26)34-10-19-9-21-22(17-6-7-17)11-39(24(40)23(21)36-19)20-5-3-4-18(8-20)27(14-29(32,33)15-27)25-37-35-16-38(25)2/h3-5,8-9,11,16-17,34,36H,6-7,10,12-15H2,1-2H3. The van der Waals surface area contributed by atoms with Gasteiger partial charge >= 0.3 is 0 Å². The lowest BCUT2D eigenvalue weighted by Gasteiger charge is -2.46. The zero-order chi connectivity index (χ0) is 28.1. The van der Waals surface area contributed by atoms with Gasteiger partial charge in [-0.15, -0.1) is 10.2 Å². The number of H-pyrrole nitrogens is 1. The second-order valence-corrected chi connectivity index (χ2v) is 12.3. The van der Waals surface area contributed by atoms with Crippen molar-refractivity contribution in [2.24, 2.45) is 7.05 Å². The van der Waals surface area contributed by atoms with E-state index in [4.69, 9.17) is 0 Å². The lowest BCUT2D eigenvalue weighted by Crippen LogP contribution is -2.58. The first kappa shape index (κ1) is 25.5. The van der Waals surface area contributed by atoms with Crippen molar-refractivity contribution in [2.45, 2.75) is 80.7 Å².